The van der Waals surface area contributed by atoms with E-state index >= 15 is 0 Å². The molecule has 1 atom stereocenters. The molecule has 1 unspecified atom stereocenters. The topological polar surface area (TPSA) is 12.0 Å². The molecule has 0 aliphatic rings. The quantitative estimate of drug-likeness (QED) is 0.536. The fourth-order valence-electron chi connectivity index (χ4n) is 2.53. The number of hydrogen-bond donors (Lipinski definition) is 1. The molecule has 0 saturated carbocycles. The largest absolute Gasteiger partial charge is 0.309 e. The molecule has 0 aliphatic heterocycles. The van der Waals surface area contributed by atoms with Crippen LogP contribution in [0.5, 0.6) is 0 Å². The van der Waals surface area contributed by atoms with Gasteiger partial charge in [0, 0.05) is 17.1 Å². The van der Waals surface area contributed by atoms with Crippen molar-refractivity contribution < 1.29 is 0 Å². The maximum atomic E-state index is 3.76. The van der Waals surface area contributed by atoms with Crippen LogP contribution in [0.1, 0.15) is 71.4 Å². The number of halogens is 1. The van der Waals surface area contributed by atoms with Crippen LogP contribution in [0.4, 0.5) is 0 Å². The van der Waals surface area contributed by atoms with Crippen molar-refractivity contribution in [3.8, 4) is 0 Å². The summed E-state index contributed by atoms with van der Waals surface area (Å²) in [5, 5.41) is 3.76. The zero-order valence-corrected chi connectivity index (χ0v) is 15.1. The first kappa shape index (κ1) is 17.7. The third-order valence-electron chi connectivity index (χ3n) is 3.96. The molecule has 0 heterocycles. The molecule has 20 heavy (non-hydrogen) atoms. The van der Waals surface area contributed by atoms with Gasteiger partial charge in [-0.3, -0.25) is 0 Å². The maximum Gasteiger partial charge on any atom is 0.0317 e. The Morgan fingerprint density at radius 3 is 2.30 bits per heavy atom. The highest BCUT2D eigenvalue weighted by Gasteiger charge is 2.19. The zero-order valence-electron chi connectivity index (χ0n) is 13.5. The van der Waals surface area contributed by atoms with E-state index in [0.717, 1.165) is 17.4 Å². The summed E-state index contributed by atoms with van der Waals surface area (Å²) in [5.74, 6) is 0. The molecule has 0 saturated heterocycles. The predicted octanol–water partition coefficient (Wildman–Crippen LogP) is 6.10. The van der Waals surface area contributed by atoms with Crippen LogP contribution in [0.2, 0.25) is 0 Å². The first-order valence-corrected chi connectivity index (χ1v) is 8.76. The molecular weight excluding hydrogens is 310 g/mol. The molecule has 0 aromatic heterocycles. The summed E-state index contributed by atoms with van der Waals surface area (Å²) in [4.78, 5) is 0. The Morgan fingerprint density at radius 1 is 1.10 bits per heavy atom. The van der Waals surface area contributed by atoms with Crippen LogP contribution < -0.4 is 5.32 Å². The smallest absolute Gasteiger partial charge is 0.0317 e. The Morgan fingerprint density at radius 2 is 1.75 bits per heavy atom. The molecule has 0 radical (unpaired) electrons. The second-order valence-corrected chi connectivity index (χ2v) is 7.43. The Labute approximate surface area is 133 Å². The van der Waals surface area contributed by atoms with Crippen LogP contribution in [0.3, 0.4) is 0 Å². The number of hydrogen-bond acceptors (Lipinski definition) is 1. The second-order valence-electron chi connectivity index (χ2n) is 6.51. The molecule has 0 amide bonds. The van der Waals surface area contributed by atoms with Crippen LogP contribution in [0.15, 0.2) is 28.7 Å². The number of benzene rings is 1. The summed E-state index contributed by atoms with van der Waals surface area (Å²) in [6.07, 6.45) is 6.45. The zero-order chi connectivity index (χ0) is 15.0. The first-order valence-electron chi connectivity index (χ1n) is 7.97. The monoisotopic (exact) mass is 339 g/mol. The molecule has 1 rings (SSSR count). The van der Waals surface area contributed by atoms with Gasteiger partial charge in [-0.25, -0.2) is 0 Å². The van der Waals surface area contributed by atoms with Gasteiger partial charge in [-0.1, -0.05) is 75.0 Å². The molecule has 0 aliphatic carbocycles. The third-order valence-corrected chi connectivity index (χ3v) is 4.49. The summed E-state index contributed by atoms with van der Waals surface area (Å²) in [7, 11) is 0. The number of unbranched alkanes of at least 4 members (excludes halogenated alkanes) is 2. The molecule has 2 heteroatoms. The highest BCUT2D eigenvalue weighted by Crippen LogP contribution is 2.25. The summed E-state index contributed by atoms with van der Waals surface area (Å²) >= 11 is 3.50. The molecule has 1 aromatic carbocycles. The van der Waals surface area contributed by atoms with Crippen molar-refractivity contribution in [1.82, 2.24) is 5.32 Å². The summed E-state index contributed by atoms with van der Waals surface area (Å²) in [6, 6.07) is 9.16. The number of rotatable bonds is 9. The van der Waals surface area contributed by atoms with Crippen molar-refractivity contribution in [1.29, 1.82) is 0 Å². The lowest BCUT2D eigenvalue weighted by atomic mass is 9.86. The van der Waals surface area contributed by atoms with Gasteiger partial charge in [-0.15, -0.1) is 0 Å². The van der Waals surface area contributed by atoms with Crippen LogP contribution in [-0.4, -0.2) is 6.54 Å². The number of nitrogens with one attached hydrogen (secondary N) is 1. The van der Waals surface area contributed by atoms with E-state index in [1.807, 2.05) is 0 Å². The standard InChI is InChI=1S/C18H30BrN/c1-5-7-8-13-18(3,4)14-20-17(6-2)15-9-11-16(19)12-10-15/h9-12,17,20H,5-8,13-14H2,1-4H3. The van der Waals surface area contributed by atoms with Crippen LogP contribution in [0, 0.1) is 5.41 Å². The average Bonchev–Trinajstić information content (AvgIpc) is 2.41. The molecule has 0 spiro atoms. The van der Waals surface area contributed by atoms with Gasteiger partial charge in [-0.2, -0.15) is 0 Å². The Balaban J connectivity index is 2.50. The van der Waals surface area contributed by atoms with Gasteiger partial charge in [0.2, 0.25) is 0 Å². The second kappa shape index (κ2) is 8.84. The van der Waals surface area contributed by atoms with E-state index in [1.165, 1.54) is 31.2 Å². The predicted molar refractivity (Wildman–Crippen MR) is 93.1 cm³/mol. The molecule has 1 aromatic rings. The highest BCUT2D eigenvalue weighted by molar-refractivity contribution is 9.10. The van der Waals surface area contributed by atoms with Gasteiger partial charge >= 0.3 is 0 Å². The fraction of sp³-hybridized carbons (Fsp3) is 0.667. The minimum atomic E-state index is 0.387. The summed E-state index contributed by atoms with van der Waals surface area (Å²) in [5.41, 5.74) is 1.78. The van der Waals surface area contributed by atoms with Gasteiger partial charge in [-0.05, 0) is 36.0 Å². The Bertz CT molecular complexity index is 370. The minimum absolute atomic E-state index is 0.387. The van der Waals surface area contributed by atoms with Crippen molar-refractivity contribution in [2.45, 2.75) is 65.8 Å². The molecule has 0 bridgehead atoms. The third kappa shape index (κ3) is 6.41. The van der Waals surface area contributed by atoms with Crippen molar-refractivity contribution in [2.75, 3.05) is 6.54 Å². The lowest BCUT2D eigenvalue weighted by Gasteiger charge is -2.28. The van der Waals surface area contributed by atoms with Crippen molar-refractivity contribution in [3.63, 3.8) is 0 Å². The lowest BCUT2D eigenvalue weighted by molar-refractivity contribution is 0.285. The summed E-state index contributed by atoms with van der Waals surface area (Å²) < 4.78 is 1.15. The molecule has 1 N–H and O–H groups in total. The Kier molecular flexibility index (Phi) is 7.83. The fourth-order valence-corrected chi connectivity index (χ4v) is 2.80. The SMILES string of the molecule is CCCCCC(C)(C)CNC(CC)c1ccc(Br)cc1. The molecular formula is C18H30BrN. The molecule has 0 fully saturated rings. The van der Waals surface area contributed by atoms with Crippen LogP contribution in [-0.2, 0) is 0 Å². The van der Waals surface area contributed by atoms with Gasteiger partial charge in [0.1, 0.15) is 0 Å². The van der Waals surface area contributed by atoms with Crippen molar-refractivity contribution in [3.05, 3.63) is 34.3 Å². The van der Waals surface area contributed by atoms with Gasteiger partial charge in [0.25, 0.3) is 0 Å². The summed E-state index contributed by atoms with van der Waals surface area (Å²) in [6.45, 7) is 10.4. The first-order chi connectivity index (χ1) is 9.48. The van der Waals surface area contributed by atoms with Crippen molar-refractivity contribution in [2.24, 2.45) is 5.41 Å². The van der Waals surface area contributed by atoms with E-state index < -0.39 is 0 Å². The normalized spacial score (nSPS) is 13.4. The van der Waals surface area contributed by atoms with E-state index in [0.29, 0.717) is 11.5 Å². The minimum Gasteiger partial charge on any atom is -0.309 e. The van der Waals surface area contributed by atoms with Crippen LogP contribution >= 0.6 is 15.9 Å². The average molecular weight is 340 g/mol. The molecule has 114 valence electrons. The highest BCUT2D eigenvalue weighted by atomic mass is 79.9. The van der Waals surface area contributed by atoms with E-state index in [9.17, 15) is 0 Å². The lowest BCUT2D eigenvalue weighted by Crippen LogP contribution is -2.32. The van der Waals surface area contributed by atoms with E-state index in [4.69, 9.17) is 0 Å². The van der Waals surface area contributed by atoms with Gasteiger partial charge in [0.05, 0.1) is 0 Å². The van der Waals surface area contributed by atoms with Gasteiger partial charge in [0.15, 0.2) is 0 Å². The maximum absolute atomic E-state index is 3.76. The van der Waals surface area contributed by atoms with E-state index in [-0.39, 0.29) is 0 Å². The van der Waals surface area contributed by atoms with E-state index in [2.05, 4.69) is 73.2 Å². The van der Waals surface area contributed by atoms with Gasteiger partial charge < -0.3 is 5.32 Å². The van der Waals surface area contributed by atoms with E-state index in [1.54, 1.807) is 0 Å². The molecule has 1 nitrogen and oxygen atoms in total. The van der Waals surface area contributed by atoms with Crippen LogP contribution in [0.25, 0.3) is 0 Å². The van der Waals surface area contributed by atoms with Crippen molar-refractivity contribution >= 4 is 15.9 Å². The Hall–Kier alpha value is -0.340.